The molecule has 24 heavy (non-hydrogen) atoms. The van der Waals surface area contributed by atoms with Crippen LogP contribution in [0, 0.1) is 0 Å². The Hall–Kier alpha value is -2.74. The minimum atomic E-state index is 0.527. The lowest BCUT2D eigenvalue weighted by molar-refractivity contribution is 0.669. The number of aryl methyl sites for hydroxylation is 1. The van der Waals surface area contributed by atoms with E-state index >= 15 is 0 Å². The zero-order chi connectivity index (χ0) is 16.4. The molecule has 0 fully saturated rings. The Morgan fingerprint density at radius 3 is 2.38 bits per heavy atom. The van der Waals surface area contributed by atoms with Crippen molar-refractivity contribution in [1.29, 1.82) is 0 Å². The summed E-state index contributed by atoms with van der Waals surface area (Å²) in [5.41, 5.74) is 5.82. The summed E-state index contributed by atoms with van der Waals surface area (Å²) in [5, 5.41) is 4.94. The average Bonchev–Trinajstić information content (AvgIpc) is 3.09. The predicted molar refractivity (Wildman–Crippen MR) is 102 cm³/mol. The Labute approximate surface area is 140 Å². The Morgan fingerprint density at radius 2 is 1.54 bits per heavy atom. The smallest absolute Gasteiger partial charge is 0.136 e. The molecule has 2 nitrogen and oxygen atoms in total. The molecule has 2 heterocycles. The van der Waals surface area contributed by atoms with Crippen LogP contribution in [0.3, 0.4) is 0 Å². The highest BCUT2D eigenvalue weighted by Crippen LogP contribution is 2.36. The number of nitrogens with zero attached hydrogens (tertiary/aromatic N) is 1. The first-order chi connectivity index (χ1) is 11.6. The van der Waals surface area contributed by atoms with E-state index in [0.29, 0.717) is 5.92 Å². The summed E-state index contributed by atoms with van der Waals surface area (Å²) in [6.07, 6.45) is 0. The number of rotatable bonds is 1. The van der Waals surface area contributed by atoms with Crippen LogP contribution in [0.15, 0.2) is 59.0 Å². The third kappa shape index (κ3) is 1.71. The van der Waals surface area contributed by atoms with Gasteiger partial charge in [0.2, 0.25) is 0 Å². The molecular weight excluding hydrogens is 294 g/mol. The standard InChI is InChI=1S/C22H19NO/c1-13(2)14-8-9-19-16(10-14)17-12-22-18(11-20(17)23(19)3)15-6-4-5-7-21(15)24-22/h4-13H,1-3H3. The van der Waals surface area contributed by atoms with Crippen LogP contribution < -0.4 is 0 Å². The number of para-hydroxylation sites is 1. The van der Waals surface area contributed by atoms with E-state index in [2.05, 4.69) is 67.9 Å². The molecular formula is C22H19NO. The van der Waals surface area contributed by atoms with Crippen LogP contribution in [0.4, 0.5) is 0 Å². The number of hydrogen-bond donors (Lipinski definition) is 0. The molecule has 0 N–H and O–H groups in total. The molecule has 5 rings (SSSR count). The molecule has 0 atom stereocenters. The summed E-state index contributed by atoms with van der Waals surface area (Å²) >= 11 is 0. The first-order valence-electron chi connectivity index (χ1n) is 8.47. The minimum Gasteiger partial charge on any atom is -0.456 e. The Morgan fingerprint density at radius 1 is 0.750 bits per heavy atom. The van der Waals surface area contributed by atoms with E-state index in [9.17, 15) is 0 Å². The van der Waals surface area contributed by atoms with Crippen LogP contribution in [0.25, 0.3) is 43.7 Å². The van der Waals surface area contributed by atoms with Gasteiger partial charge in [-0.2, -0.15) is 0 Å². The molecule has 0 aliphatic carbocycles. The molecule has 2 heteroatoms. The maximum absolute atomic E-state index is 6.09. The van der Waals surface area contributed by atoms with Crippen LogP contribution >= 0.6 is 0 Å². The molecule has 2 aromatic heterocycles. The van der Waals surface area contributed by atoms with Crippen molar-refractivity contribution in [3.63, 3.8) is 0 Å². The molecule has 0 amide bonds. The highest BCUT2D eigenvalue weighted by Gasteiger charge is 2.14. The van der Waals surface area contributed by atoms with E-state index in [0.717, 1.165) is 11.2 Å². The van der Waals surface area contributed by atoms with Gasteiger partial charge >= 0.3 is 0 Å². The van der Waals surface area contributed by atoms with E-state index in [1.807, 2.05) is 12.1 Å². The monoisotopic (exact) mass is 313 g/mol. The van der Waals surface area contributed by atoms with Gasteiger partial charge in [0, 0.05) is 39.6 Å². The average molecular weight is 313 g/mol. The second-order valence-electron chi connectivity index (χ2n) is 6.95. The van der Waals surface area contributed by atoms with Crippen LogP contribution in [0.1, 0.15) is 25.3 Å². The summed E-state index contributed by atoms with van der Waals surface area (Å²) in [4.78, 5) is 0. The third-order valence-corrected chi connectivity index (χ3v) is 5.20. The third-order valence-electron chi connectivity index (χ3n) is 5.20. The number of benzene rings is 3. The van der Waals surface area contributed by atoms with Crippen molar-refractivity contribution in [3.8, 4) is 0 Å². The fraction of sp³-hybridized carbons (Fsp3) is 0.182. The zero-order valence-electron chi connectivity index (χ0n) is 14.1. The van der Waals surface area contributed by atoms with Gasteiger partial charge < -0.3 is 8.98 Å². The van der Waals surface area contributed by atoms with Gasteiger partial charge in [0.1, 0.15) is 11.2 Å². The van der Waals surface area contributed by atoms with Crippen LogP contribution in [-0.2, 0) is 7.05 Å². The Bertz CT molecular complexity index is 1240. The number of hydrogen-bond acceptors (Lipinski definition) is 1. The fourth-order valence-corrected chi connectivity index (χ4v) is 3.80. The van der Waals surface area contributed by atoms with E-state index in [-0.39, 0.29) is 0 Å². The molecule has 0 spiro atoms. The first kappa shape index (κ1) is 13.7. The van der Waals surface area contributed by atoms with Gasteiger partial charge in [0.15, 0.2) is 0 Å². The van der Waals surface area contributed by atoms with Crippen molar-refractivity contribution in [1.82, 2.24) is 4.57 Å². The fourth-order valence-electron chi connectivity index (χ4n) is 3.80. The highest BCUT2D eigenvalue weighted by atomic mass is 16.3. The van der Waals surface area contributed by atoms with E-state index in [4.69, 9.17) is 4.42 Å². The molecule has 0 saturated carbocycles. The quantitative estimate of drug-likeness (QED) is 0.352. The van der Waals surface area contributed by atoms with Crippen LogP contribution in [0.5, 0.6) is 0 Å². The summed E-state index contributed by atoms with van der Waals surface area (Å²) in [6, 6.07) is 19.5. The van der Waals surface area contributed by atoms with Gasteiger partial charge in [0.05, 0.1) is 0 Å². The van der Waals surface area contributed by atoms with Gasteiger partial charge in [-0.05, 0) is 41.8 Å². The molecule has 0 aliphatic rings. The largest absolute Gasteiger partial charge is 0.456 e. The van der Waals surface area contributed by atoms with Gasteiger partial charge in [-0.1, -0.05) is 38.1 Å². The summed E-state index contributed by atoms with van der Waals surface area (Å²) < 4.78 is 8.37. The van der Waals surface area contributed by atoms with Crippen LogP contribution in [0.2, 0.25) is 0 Å². The SMILES string of the molecule is CC(C)c1ccc2c(c1)c1cc3oc4ccccc4c3cc1n2C. The van der Waals surface area contributed by atoms with E-state index in [1.165, 1.54) is 38.1 Å². The second kappa shape index (κ2) is 4.64. The molecule has 0 aliphatic heterocycles. The Balaban J connectivity index is 1.96. The normalized spacial score (nSPS) is 12.3. The maximum atomic E-state index is 6.09. The molecule has 0 saturated heterocycles. The van der Waals surface area contributed by atoms with Gasteiger partial charge in [0.25, 0.3) is 0 Å². The molecule has 5 aromatic rings. The molecule has 0 unspecified atom stereocenters. The minimum absolute atomic E-state index is 0.527. The lowest BCUT2D eigenvalue weighted by atomic mass is 10.0. The summed E-state index contributed by atoms with van der Waals surface area (Å²) in [5.74, 6) is 0.527. The summed E-state index contributed by atoms with van der Waals surface area (Å²) in [6.45, 7) is 4.48. The number of aromatic nitrogens is 1. The zero-order valence-corrected chi connectivity index (χ0v) is 14.1. The van der Waals surface area contributed by atoms with E-state index < -0.39 is 0 Å². The molecule has 0 radical (unpaired) electrons. The number of fused-ring (bicyclic) bond motifs is 6. The lowest BCUT2D eigenvalue weighted by Crippen LogP contribution is -1.88. The van der Waals surface area contributed by atoms with Crippen molar-refractivity contribution in [3.05, 3.63) is 60.2 Å². The topological polar surface area (TPSA) is 18.1 Å². The van der Waals surface area contributed by atoms with Gasteiger partial charge in [-0.3, -0.25) is 0 Å². The van der Waals surface area contributed by atoms with Crippen molar-refractivity contribution in [2.75, 3.05) is 0 Å². The van der Waals surface area contributed by atoms with Crippen molar-refractivity contribution in [2.24, 2.45) is 7.05 Å². The molecule has 3 aromatic carbocycles. The van der Waals surface area contributed by atoms with Crippen molar-refractivity contribution < 1.29 is 4.42 Å². The van der Waals surface area contributed by atoms with Gasteiger partial charge in [-0.25, -0.2) is 0 Å². The highest BCUT2D eigenvalue weighted by molar-refractivity contribution is 6.16. The molecule has 0 bridgehead atoms. The van der Waals surface area contributed by atoms with Crippen molar-refractivity contribution >= 4 is 43.7 Å². The number of furan rings is 1. The van der Waals surface area contributed by atoms with Crippen molar-refractivity contribution in [2.45, 2.75) is 19.8 Å². The summed E-state index contributed by atoms with van der Waals surface area (Å²) in [7, 11) is 2.15. The Kier molecular flexibility index (Phi) is 2.64. The predicted octanol–water partition coefficient (Wildman–Crippen LogP) is 6.35. The lowest BCUT2D eigenvalue weighted by Gasteiger charge is -2.05. The maximum Gasteiger partial charge on any atom is 0.136 e. The van der Waals surface area contributed by atoms with E-state index in [1.54, 1.807) is 0 Å². The van der Waals surface area contributed by atoms with Crippen LogP contribution in [-0.4, -0.2) is 4.57 Å². The first-order valence-corrected chi connectivity index (χ1v) is 8.47. The molecule has 118 valence electrons. The van der Waals surface area contributed by atoms with Gasteiger partial charge in [-0.15, -0.1) is 0 Å². The second-order valence-corrected chi connectivity index (χ2v) is 6.95.